The second kappa shape index (κ2) is 10.0. The van der Waals surface area contributed by atoms with Crippen LogP contribution in [-0.4, -0.2) is 9.52 Å². The summed E-state index contributed by atoms with van der Waals surface area (Å²) in [7, 11) is 1.11. The highest BCUT2D eigenvalue weighted by atomic mass is 28.2. The smallest absolute Gasteiger partial charge is 0.130 e. The fraction of sp³-hybridized carbons (Fsp3) is 0.440. The van der Waals surface area contributed by atoms with Gasteiger partial charge in [-0.25, -0.2) is 4.39 Å². The van der Waals surface area contributed by atoms with Crippen molar-refractivity contribution in [2.75, 3.05) is 0 Å². The zero-order chi connectivity index (χ0) is 19.1. The van der Waals surface area contributed by atoms with E-state index in [9.17, 15) is 4.39 Å². The van der Waals surface area contributed by atoms with Gasteiger partial charge in [-0.05, 0) is 53.5 Å². The van der Waals surface area contributed by atoms with Crippen molar-refractivity contribution >= 4 is 21.7 Å². The van der Waals surface area contributed by atoms with Crippen molar-refractivity contribution in [1.82, 2.24) is 0 Å². The minimum atomic E-state index is -0.0936. The Morgan fingerprint density at radius 3 is 2.33 bits per heavy atom. The third-order valence-electron chi connectivity index (χ3n) is 5.69. The molecule has 0 nitrogen and oxygen atoms in total. The van der Waals surface area contributed by atoms with Crippen LogP contribution in [0.25, 0.3) is 12.2 Å². The first-order valence-corrected chi connectivity index (χ1v) is 11.8. The molecular formula is C25H31FSi. The first kappa shape index (κ1) is 20.1. The summed E-state index contributed by atoms with van der Waals surface area (Å²) >= 11 is 0. The molecule has 0 saturated heterocycles. The van der Waals surface area contributed by atoms with Crippen molar-refractivity contribution in [2.45, 2.75) is 69.9 Å². The summed E-state index contributed by atoms with van der Waals surface area (Å²) in [5, 5.41) is 0. The molecule has 3 rings (SSSR count). The number of hydrogen-bond donors (Lipinski definition) is 0. The van der Waals surface area contributed by atoms with E-state index in [1.807, 2.05) is 18.2 Å². The molecule has 2 aromatic carbocycles. The molecular weight excluding hydrogens is 347 g/mol. The molecule has 0 atom stereocenters. The van der Waals surface area contributed by atoms with Gasteiger partial charge >= 0.3 is 0 Å². The normalized spacial score (nSPS) is 20.3. The van der Waals surface area contributed by atoms with E-state index in [0.29, 0.717) is 11.5 Å². The van der Waals surface area contributed by atoms with Crippen LogP contribution in [0.2, 0.25) is 11.6 Å². The lowest BCUT2D eigenvalue weighted by molar-refractivity contribution is 0.439. The SMILES string of the molecule is CCCc1ccc(C=Cc2ccc(C3CCC([Si]CC)CC3)cc2F)cc1. The van der Waals surface area contributed by atoms with Crippen LogP contribution in [-0.2, 0) is 6.42 Å². The molecule has 2 heteroatoms. The lowest BCUT2D eigenvalue weighted by Gasteiger charge is -2.28. The zero-order valence-electron chi connectivity index (χ0n) is 16.7. The Labute approximate surface area is 166 Å². The lowest BCUT2D eigenvalue weighted by Crippen LogP contribution is -2.13. The molecule has 0 N–H and O–H groups in total. The standard InChI is InChI=1S/C25H31FSi/c1-3-5-19-6-8-20(9-7-19)10-11-22-12-13-23(18-25(22)26)21-14-16-24(17-15-21)27-4-2/h6-13,18,21,24H,3-5,14-17H2,1-2H3. The van der Waals surface area contributed by atoms with Crippen molar-refractivity contribution < 1.29 is 4.39 Å². The van der Waals surface area contributed by atoms with Crippen LogP contribution >= 0.6 is 0 Å². The molecule has 1 aliphatic carbocycles. The number of halogens is 1. The van der Waals surface area contributed by atoms with E-state index in [1.165, 1.54) is 42.9 Å². The minimum absolute atomic E-state index is 0.0936. The van der Waals surface area contributed by atoms with Gasteiger partial charge in [0, 0.05) is 15.1 Å². The van der Waals surface area contributed by atoms with Crippen LogP contribution in [0.3, 0.4) is 0 Å². The van der Waals surface area contributed by atoms with Gasteiger partial charge in [0.25, 0.3) is 0 Å². The predicted molar refractivity (Wildman–Crippen MR) is 117 cm³/mol. The van der Waals surface area contributed by atoms with E-state index >= 15 is 0 Å². The van der Waals surface area contributed by atoms with Gasteiger partial charge in [-0.3, -0.25) is 0 Å². The molecule has 2 radical (unpaired) electrons. The van der Waals surface area contributed by atoms with E-state index in [2.05, 4.69) is 44.2 Å². The summed E-state index contributed by atoms with van der Waals surface area (Å²) in [5.41, 5.74) is 5.26. The second-order valence-corrected chi connectivity index (χ2v) is 9.64. The van der Waals surface area contributed by atoms with Crippen LogP contribution in [0.15, 0.2) is 42.5 Å². The molecule has 27 heavy (non-hydrogen) atoms. The Bertz CT molecular complexity index is 739. The Hall–Kier alpha value is -1.67. The predicted octanol–water partition coefficient (Wildman–Crippen LogP) is 7.54. The van der Waals surface area contributed by atoms with Crippen LogP contribution in [0, 0.1) is 5.82 Å². The largest absolute Gasteiger partial charge is 0.206 e. The fourth-order valence-corrected chi connectivity index (χ4v) is 5.44. The summed E-state index contributed by atoms with van der Waals surface area (Å²) in [6.07, 6.45) is 11.2. The Balaban J connectivity index is 1.63. The van der Waals surface area contributed by atoms with Crippen molar-refractivity contribution in [2.24, 2.45) is 0 Å². The van der Waals surface area contributed by atoms with Crippen molar-refractivity contribution in [3.63, 3.8) is 0 Å². The summed E-state index contributed by atoms with van der Waals surface area (Å²) in [6, 6.07) is 15.7. The molecule has 1 aliphatic rings. The van der Waals surface area contributed by atoms with E-state index < -0.39 is 0 Å². The quantitative estimate of drug-likeness (QED) is 0.345. The Morgan fingerprint density at radius 2 is 1.70 bits per heavy atom. The first-order chi connectivity index (χ1) is 13.2. The van der Waals surface area contributed by atoms with Crippen LogP contribution in [0.1, 0.15) is 74.1 Å². The molecule has 142 valence electrons. The molecule has 2 aromatic rings. The van der Waals surface area contributed by atoms with E-state index in [0.717, 1.165) is 33.5 Å². The highest BCUT2D eigenvalue weighted by Crippen LogP contribution is 2.38. The lowest BCUT2D eigenvalue weighted by atomic mass is 9.83. The molecule has 0 amide bonds. The van der Waals surface area contributed by atoms with E-state index in [-0.39, 0.29) is 5.82 Å². The molecule has 0 unspecified atom stereocenters. The van der Waals surface area contributed by atoms with Gasteiger partial charge in [-0.1, -0.05) is 87.7 Å². The van der Waals surface area contributed by atoms with Gasteiger partial charge in [0.1, 0.15) is 5.82 Å². The maximum atomic E-state index is 14.6. The van der Waals surface area contributed by atoms with Gasteiger partial charge < -0.3 is 0 Å². The molecule has 0 heterocycles. The van der Waals surface area contributed by atoms with Crippen LogP contribution in [0.4, 0.5) is 4.39 Å². The van der Waals surface area contributed by atoms with Crippen LogP contribution in [0.5, 0.6) is 0 Å². The van der Waals surface area contributed by atoms with Gasteiger partial charge in [0.15, 0.2) is 0 Å². The van der Waals surface area contributed by atoms with Crippen molar-refractivity contribution in [3.05, 3.63) is 70.5 Å². The summed E-state index contributed by atoms with van der Waals surface area (Å²) in [5.74, 6) is 0.449. The maximum Gasteiger partial charge on any atom is 0.130 e. The van der Waals surface area contributed by atoms with Gasteiger partial charge in [-0.2, -0.15) is 0 Å². The molecule has 0 spiro atoms. The van der Waals surface area contributed by atoms with Crippen LogP contribution < -0.4 is 0 Å². The molecule has 0 aliphatic heterocycles. The molecule has 1 fully saturated rings. The summed E-state index contributed by atoms with van der Waals surface area (Å²) in [6.45, 7) is 4.48. The number of rotatable bonds is 7. The average molecular weight is 379 g/mol. The number of benzene rings is 2. The highest BCUT2D eigenvalue weighted by molar-refractivity contribution is 6.37. The van der Waals surface area contributed by atoms with Crippen molar-refractivity contribution in [3.8, 4) is 0 Å². The van der Waals surface area contributed by atoms with Gasteiger partial charge in [0.2, 0.25) is 0 Å². The van der Waals surface area contributed by atoms with Gasteiger partial charge in [0.05, 0.1) is 0 Å². The minimum Gasteiger partial charge on any atom is -0.206 e. The highest BCUT2D eigenvalue weighted by Gasteiger charge is 2.22. The first-order valence-electron chi connectivity index (χ1n) is 10.5. The van der Waals surface area contributed by atoms with E-state index in [4.69, 9.17) is 0 Å². The Morgan fingerprint density at radius 1 is 0.963 bits per heavy atom. The maximum absolute atomic E-state index is 14.6. The van der Waals surface area contributed by atoms with E-state index in [1.54, 1.807) is 6.07 Å². The monoisotopic (exact) mass is 378 g/mol. The summed E-state index contributed by atoms with van der Waals surface area (Å²) in [4.78, 5) is 0. The summed E-state index contributed by atoms with van der Waals surface area (Å²) < 4.78 is 14.6. The number of aryl methyl sites for hydroxylation is 1. The molecule has 1 saturated carbocycles. The third-order valence-corrected chi connectivity index (χ3v) is 7.25. The van der Waals surface area contributed by atoms with Gasteiger partial charge in [-0.15, -0.1) is 0 Å². The zero-order valence-corrected chi connectivity index (χ0v) is 17.7. The molecule has 0 bridgehead atoms. The second-order valence-electron chi connectivity index (χ2n) is 7.71. The molecule has 0 aromatic heterocycles. The topological polar surface area (TPSA) is 0 Å². The Kier molecular flexibility index (Phi) is 7.46. The third kappa shape index (κ3) is 5.65. The average Bonchev–Trinajstić information content (AvgIpc) is 2.69. The fourth-order valence-electron chi connectivity index (χ4n) is 4.12. The van der Waals surface area contributed by atoms with Crippen molar-refractivity contribution in [1.29, 1.82) is 0 Å². The number of hydrogen-bond acceptors (Lipinski definition) is 0.